The van der Waals surface area contributed by atoms with E-state index < -0.39 is 21.3 Å². The van der Waals surface area contributed by atoms with Crippen molar-refractivity contribution in [3.63, 3.8) is 0 Å². The number of carboxylic acid groups (broad SMARTS) is 1. The van der Waals surface area contributed by atoms with E-state index in [4.69, 9.17) is 5.11 Å². The normalized spacial score (nSPS) is 12.6. The molecular weight excluding hydrogens is 356 g/mol. The van der Waals surface area contributed by atoms with Crippen LogP contribution in [0.3, 0.4) is 0 Å². The average molecular weight is 376 g/mol. The number of aromatic nitrogens is 3. The summed E-state index contributed by atoms with van der Waals surface area (Å²) in [5, 5.41) is 12.0. The van der Waals surface area contributed by atoms with Crippen LogP contribution >= 0.6 is 0 Å². The zero-order chi connectivity index (χ0) is 19.1. The molecule has 0 fully saturated rings. The lowest BCUT2D eigenvalue weighted by Gasteiger charge is -2.26. The van der Waals surface area contributed by atoms with Crippen molar-refractivity contribution in [2.45, 2.75) is 25.5 Å². The second-order valence-corrected chi connectivity index (χ2v) is 8.99. The molecule has 0 spiro atoms. The number of rotatable bonds is 5. The molecule has 1 aromatic carbocycles. The van der Waals surface area contributed by atoms with E-state index in [2.05, 4.69) is 15.3 Å². The minimum atomic E-state index is -3.58. The van der Waals surface area contributed by atoms with E-state index in [1.807, 2.05) is 38.1 Å². The number of hydrogen-bond donors (Lipinski definition) is 2. The number of benzene rings is 1. The topological polar surface area (TPSA) is 114 Å². The molecule has 0 unspecified atom stereocenters. The zero-order valence-electron chi connectivity index (χ0n) is 14.7. The summed E-state index contributed by atoms with van der Waals surface area (Å²) in [5.41, 5.74) is 1.38. The van der Waals surface area contributed by atoms with E-state index in [9.17, 15) is 13.2 Å². The van der Waals surface area contributed by atoms with Crippen molar-refractivity contribution in [3.8, 4) is 0 Å². The molecular formula is C17H20N4O4S. The Labute approximate surface area is 150 Å². The van der Waals surface area contributed by atoms with Crippen LogP contribution in [0.5, 0.6) is 0 Å². The maximum atomic E-state index is 12.3. The van der Waals surface area contributed by atoms with Crippen LogP contribution in [0, 0.1) is 5.41 Å². The van der Waals surface area contributed by atoms with E-state index in [-0.39, 0.29) is 18.2 Å². The van der Waals surface area contributed by atoms with Gasteiger partial charge in [0.1, 0.15) is 5.52 Å². The molecule has 0 saturated carbocycles. The predicted molar refractivity (Wildman–Crippen MR) is 98.0 cm³/mol. The van der Waals surface area contributed by atoms with E-state index in [1.54, 1.807) is 10.8 Å². The van der Waals surface area contributed by atoms with E-state index >= 15 is 0 Å². The molecule has 3 rings (SSSR count). The third kappa shape index (κ3) is 3.48. The van der Waals surface area contributed by atoms with Gasteiger partial charge in [0.25, 0.3) is 0 Å². The molecule has 2 aromatic heterocycles. The minimum absolute atomic E-state index is 0.0472. The van der Waals surface area contributed by atoms with Crippen LogP contribution in [0.25, 0.3) is 21.9 Å². The highest BCUT2D eigenvalue weighted by Crippen LogP contribution is 2.29. The van der Waals surface area contributed by atoms with Crippen LogP contribution < -0.4 is 5.32 Å². The van der Waals surface area contributed by atoms with Crippen molar-refractivity contribution in [3.05, 3.63) is 30.5 Å². The molecule has 0 aliphatic carbocycles. The first-order valence-corrected chi connectivity index (χ1v) is 9.88. The molecule has 1 amide bonds. The number of para-hydroxylation sites is 1. The fourth-order valence-corrected chi connectivity index (χ4v) is 3.79. The molecule has 0 aliphatic rings. The van der Waals surface area contributed by atoms with Crippen LogP contribution in [0.2, 0.25) is 0 Å². The van der Waals surface area contributed by atoms with Gasteiger partial charge >= 0.3 is 6.09 Å². The molecule has 0 aliphatic heterocycles. The Hall–Kier alpha value is -2.68. The second kappa shape index (κ2) is 6.24. The number of amides is 1. The lowest BCUT2D eigenvalue weighted by atomic mass is 9.93. The zero-order valence-corrected chi connectivity index (χ0v) is 15.5. The van der Waals surface area contributed by atoms with Gasteiger partial charge in [-0.05, 0) is 6.07 Å². The predicted octanol–water partition coefficient (Wildman–Crippen LogP) is 2.28. The van der Waals surface area contributed by atoms with E-state index in [0.29, 0.717) is 11.0 Å². The molecule has 0 saturated heterocycles. The monoisotopic (exact) mass is 376 g/mol. The van der Waals surface area contributed by atoms with Crippen molar-refractivity contribution < 1.29 is 18.3 Å². The highest BCUT2D eigenvalue weighted by atomic mass is 32.2. The second-order valence-electron chi connectivity index (χ2n) is 7.08. The minimum Gasteiger partial charge on any atom is -0.465 e. The number of fused-ring (bicyclic) bond motifs is 3. The molecule has 26 heavy (non-hydrogen) atoms. The van der Waals surface area contributed by atoms with Crippen molar-refractivity contribution in [1.29, 1.82) is 0 Å². The number of imidazole rings is 1. The van der Waals surface area contributed by atoms with E-state index in [0.717, 1.165) is 17.2 Å². The lowest BCUT2D eigenvalue weighted by molar-refractivity contribution is 0.184. The Bertz CT molecular complexity index is 1100. The first-order chi connectivity index (χ1) is 12.1. The van der Waals surface area contributed by atoms with Gasteiger partial charge in [-0.25, -0.2) is 18.2 Å². The number of hydrogen-bond acceptors (Lipinski definition) is 5. The molecule has 2 N–H and O–H groups in total. The number of pyridine rings is 1. The number of sulfone groups is 1. The molecule has 9 heteroatoms. The Morgan fingerprint density at radius 1 is 1.27 bits per heavy atom. The van der Waals surface area contributed by atoms with Crippen LogP contribution in [0.4, 0.5) is 4.79 Å². The van der Waals surface area contributed by atoms with Gasteiger partial charge in [0.15, 0.2) is 0 Å². The first kappa shape index (κ1) is 18.1. The van der Waals surface area contributed by atoms with Gasteiger partial charge < -0.3 is 15.0 Å². The summed E-state index contributed by atoms with van der Waals surface area (Å²) in [6, 6.07) is 7.44. The summed E-state index contributed by atoms with van der Waals surface area (Å²) in [4.78, 5) is 19.5. The Balaban J connectivity index is 2.23. The van der Waals surface area contributed by atoms with Crippen molar-refractivity contribution in [1.82, 2.24) is 19.9 Å². The van der Waals surface area contributed by atoms with Gasteiger partial charge in [-0.3, -0.25) is 4.98 Å². The molecule has 0 radical (unpaired) electrons. The third-order valence-electron chi connectivity index (χ3n) is 4.08. The molecule has 2 heterocycles. The Morgan fingerprint density at radius 3 is 2.62 bits per heavy atom. The molecule has 0 atom stereocenters. The summed E-state index contributed by atoms with van der Waals surface area (Å²) >= 11 is 0. The fourth-order valence-electron chi connectivity index (χ4n) is 2.97. The van der Waals surface area contributed by atoms with Gasteiger partial charge in [-0.1, -0.05) is 32.0 Å². The van der Waals surface area contributed by atoms with Gasteiger partial charge in [0.2, 0.25) is 15.0 Å². The highest BCUT2D eigenvalue weighted by molar-refractivity contribution is 7.90. The maximum absolute atomic E-state index is 12.3. The fraction of sp³-hybridized carbons (Fsp3) is 0.353. The van der Waals surface area contributed by atoms with Gasteiger partial charge in [-0.2, -0.15) is 0 Å². The summed E-state index contributed by atoms with van der Waals surface area (Å²) in [6.07, 6.45) is 1.56. The standard InChI is InChI=1S/C17H20N4O4S/c1-17(2,9-19-16(22)23)10-21-14-11-6-4-5-7-12(11)18-8-13(14)20-15(21)26(3,24)25/h4-8,19H,9-10H2,1-3H3,(H,22,23). The van der Waals surface area contributed by atoms with Crippen LogP contribution in [0.1, 0.15) is 13.8 Å². The summed E-state index contributed by atoms with van der Waals surface area (Å²) in [5.74, 6) is 0. The van der Waals surface area contributed by atoms with Gasteiger partial charge in [0, 0.05) is 30.1 Å². The van der Waals surface area contributed by atoms with Crippen LogP contribution in [-0.4, -0.2) is 47.0 Å². The van der Waals surface area contributed by atoms with Crippen LogP contribution in [-0.2, 0) is 16.4 Å². The first-order valence-electron chi connectivity index (χ1n) is 7.99. The van der Waals surface area contributed by atoms with Crippen molar-refractivity contribution >= 4 is 37.9 Å². The molecule has 3 aromatic rings. The van der Waals surface area contributed by atoms with Gasteiger partial charge in [-0.15, -0.1) is 0 Å². The van der Waals surface area contributed by atoms with Gasteiger partial charge in [0.05, 0.1) is 17.2 Å². The van der Waals surface area contributed by atoms with Crippen molar-refractivity contribution in [2.24, 2.45) is 5.41 Å². The molecule has 138 valence electrons. The molecule has 8 nitrogen and oxygen atoms in total. The van der Waals surface area contributed by atoms with Crippen molar-refractivity contribution in [2.75, 3.05) is 12.8 Å². The Kier molecular flexibility index (Phi) is 4.35. The largest absolute Gasteiger partial charge is 0.465 e. The van der Waals surface area contributed by atoms with Crippen LogP contribution in [0.15, 0.2) is 35.6 Å². The Morgan fingerprint density at radius 2 is 1.96 bits per heavy atom. The summed E-state index contributed by atoms with van der Waals surface area (Å²) in [7, 11) is -3.58. The number of nitrogens with one attached hydrogen (secondary N) is 1. The highest BCUT2D eigenvalue weighted by Gasteiger charge is 2.27. The summed E-state index contributed by atoms with van der Waals surface area (Å²) < 4.78 is 26.2. The van der Waals surface area contributed by atoms with E-state index in [1.165, 1.54) is 0 Å². The quantitative estimate of drug-likeness (QED) is 0.706. The lowest BCUT2D eigenvalue weighted by Crippen LogP contribution is -2.36. The smallest absolute Gasteiger partial charge is 0.404 e. The number of carbonyl (C=O) groups is 1. The maximum Gasteiger partial charge on any atom is 0.404 e. The summed E-state index contributed by atoms with van der Waals surface area (Å²) in [6.45, 7) is 4.18. The number of nitrogens with zero attached hydrogens (tertiary/aromatic N) is 3. The molecule has 0 bridgehead atoms. The third-order valence-corrected chi connectivity index (χ3v) is 5.06. The average Bonchev–Trinajstić information content (AvgIpc) is 2.92. The SMILES string of the molecule is CC(C)(CNC(=O)O)Cn1c(S(C)(=O)=O)nc2cnc3ccccc3c21.